The number of carbonyl (C=O) groups is 1. The minimum Gasteiger partial charge on any atom is -0.481 e. The van der Waals surface area contributed by atoms with Crippen molar-refractivity contribution < 1.29 is 9.90 Å². The Morgan fingerprint density at radius 3 is 2.53 bits per heavy atom. The molecule has 0 saturated carbocycles. The molecule has 2 N–H and O–H groups in total. The summed E-state index contributed by atoms with van der Waals surface area (Å²) < 4.78 is 0. The highest BCUT2D eigenvalue weighted by molar-refractivity contribution is 5.66. The summed E-state index contributed by atoms with van der Waals surface area (Å²) >= 11 is 0. The summed E-state index contributed by atoms with van der Waals surface area (Å²) in [5.74, 6) is -0.805. The number of nitrogens with one attached hydrogen (secondary N) is 1. The highest BCUT2D eigenvalue weighted by Gasteiger charge is 2.14. The van der Waals surface area contributed by atoms with Crippen LogP contribution < -0.4 is 5.32 Å². The summed E-state index contributed by atoms with van der Waals surface area (Å²) in [6.07, 6.45) is 1.83. The van der Waals surface area contributed by atoms with E-state index < -0.39 is 5.97 Å². The van der Waals surface area contributed by atoms with Gasteiger partial charge in [0.1, 0.15) is 0 Å². The molecule has 19 heavy (non-hydrogen) atoms. The molecule has 0 spiro atoms. The molecule has 4 nitrogen and oxygen atoms in total. The molecule has 1 aromatic heterocycles. The van der Waals surface area contributed by atoms with Crippen LogP contribution in [0, 0.1) is 0 Å². The monoisotopic (exact) mass is 256 g/mol. The van der Waals surface area contributed by atoms with E-state index >= 15 is 0 Å². The number of rotatable bonds is 6. The van der Waals surface area contributed by atoms with E-state index in [2.05, 4.69) is 10.3 Å². The van der Waals surface area contributed by atoms with Gasteiger partial charge in [-0.1, -0.05) is 36.4 Å². The number of pyridine rings is 1. The van der Waals surface area contributed by atoms with Crippen LogP contribution in [0.5, 0.6) is 0 Å². The van der Waals surface area contributed by atoms with Crippen LogP contribution in [0.15, 0.2) is 54.7 Å². The molecule has 0 radical (unpaired) electrons. The smallest absolute Gasteiger partial charge is 0.304 e. The molecule has 0 fully saturated rings. The predicted molar refractivity (Wildman–Crippen MR) is 72.8 cm³/mol. The highest BCUT2D eigenvalue weighted by Crippen LogP contribution is 2.19. The number of aromatic nitrogens is 1. The number of aliphatic carboxylic acids is 1. The first-order chi connectivity index (χ1) is 9.27. The second-order valence-corrected chi connectivity index (χ2v) is 4.20. The second-order valence-electron chi connectivity index (χ2n) is 4.20. The maximum Gasteiger partial charge on any atom is 0.304 e. The van der Waals surface area contributed by atoms with Gasteiger partial charge in [-0.05, 0) is 17.7 Å². The van der Waals surface area contributed by atoms with E-state index in [9.17, 15) is 4.79 Å². The fourth-order valence-electron chi connectivity index (χ4n) is 1.91. The van der Waals surface area contributed by atoms with Gasteiger partial charge in [0.2, 0.25) is 0 Å². The number of carboxylic acid groups (broad SMARTS) is 1. The molecule has 0 aliphatic heterocycles. The Balaban J connectivity index is 2.17. The highest BCUT2D eigenvalue weighted by atomic mass is 16.4. The molecule has 2 rings (SSSR count). The lowest BCUT2D eigenvalue weighted by Crippen LogP contribution is -2.25. The maximum absolute atomic E-state index is 10.6. The summed E-state index contributed by atoms with van der Waals surface area (Å²) in [5, 5.41) is 12.0. The number of carboxylic acids is 1. The van der Waals surface area contributed by atoms with Gasteiger partial charge in [-0.25, -0.2) is 0 Å². The van der Waals surface area contributed by atoms with E-state index in [4.69, 9.17) is 5.11 Å². The van der Waals surface area contributed by atoms with E-state index in [1.165, 1.54) is 0 Å². The van der Waals surface area contributed by atoms with Crippen molar-refractivity contribution >= 4 is 5.97 Å². The van der Waals surface area contributed by atoms with Gasteiger partial charge in [-0.2, -0.15) is 0 Å². The minimum atomic E-state index is -0.805. The second kappa shape index (κ2) is 6.66. The Morgan fingerprint density at radius 2 is 1.89 bits per heavy atom. The lowest BCUT2D eigenvalue weighted by Gasteiger charge is -2.18. The molecule has 1 aromatic carbocycles. The minimum absolute atomic E-state index is 0.0817. The van der Waals surface area contributed by atoms with Crippen molar-refractivity contribution in [3.05, 3.63) is 66.0 Å². The van der Waals surface area contributed by atoms with Gasteiger partial charge in [-0.3, -0.25) is 9.78 Å². The van der Waals surface area contributed by atoms with Gasteiger partial charge in [0.25, 0.3) is 0 Å². The Kier molecular flexibility index (Phi) is 4.64. The zero-order chi connectivity index (χ0) is 13.5. The standard InChI is InChI=1S/C15H16N2O2/c18-14(19)9-11-17-15(12-6-2-1-3-7-12)13-8-4-5-10-16-13/h1-8,10,15,17H,9,11H2,(H,18,19). The fraction of sp³-hybridized carbons (Fsp3) is 0.200. The van der Waals surface area contributed by atoms with Crippen molar-refractivity contribution in [1.29, 1.82) is 0 Å². The molecule has 2 aromatic rings. The predicted octanol–water partition coefficient (Wildman–Crippen LogP) is 2.24. The number of hydrogen-bond acceptors (Lipinski definition) is 3. The van der Waals surface area contributed by atoms with Crippen LogP contribution in [0.2, 0.25) is 0 Å². The average molecular weight is 256 g/mol. The molecule has 0 aliphatic carbocycles. The van der Waals surface area contributed by atoms with Crippen molar-refractivity contribution in [3.8, 4) is 0 Å². The zero-order valence-corrected chi connectivity index (χ0v) is 10.5. The normalized spacial score (nSPS) is 12.0. The summed E-state index contributed by atoms with van der Waals surface area (Å²) in [5.41, 5.74) is 1.96. The van der Waals surface area contributed by atoms with Crippen molar-refractivity contribution in [3.63, 3.8) is 0 Å². The SMILES string of the molecule is O=C(O)CCNC(c1ccccc1)c1ccccn1. The van der Waals surface area contributed by atoms with Crippen molar-refractivity contribution in [2.45, 2.75) is 12.5 Å². The lowest BCUT2D eigenvalue weighted by atomic mass is 10.0. The third-order valence-corrected chi connectivity index (χ3v) is 2.80. The number of hydrogen-bond donors (Lipinski definition) is 2. The van der Waals surface area contributed by atoms with E-state index in [1.54, 1.807) is 6.20 Å². The van der Waals surface area contributed by atoms with Crippen LogP contribution in [0.4, 0.5) is 0 Å². The van der Waals surface area contributed by atoms with Crippen LogP contribution in [-0.4, -0.2) is 22.6 Å². The third kappa shape index (κ3) is 3.89. The van der Waals surface area contributed by atoms with Crippen LogP contribution >= 0.6 is 0 Å². The van der Waals surface area contributed by atoms with Crippen LogP contribution in [0.1, 0.15) is 23.7 Å². The summed E-state index contributed by atoms with van der Waals surface area (Å²) in [6.45, 7) is 0.408. The van der Waals surface area contributed by atoms with E-state index in [-0.39, 0.29) is 12.5 Å². The molecule has 0 saturated heterocycles. The first kappa shape index (κ1) is 13.2. The summed E-state index contributed by atoms with van der Waals surface area (Å²) in [6, 6.07) is 15.5. The Bertz CT molecular complexity index is 475. The van der Waals surface area contributed by atoms with Gasteiger partial charge in [0, 0.05) is 12.7 Å². The van der Waals surface area contributed by atoms with Crippen molar-refractivity contribution in [2.75, 3.05) is 6.54 Å². The Hall–Kier alpha value is -2.20. The zero-order valence-electron chi connectivity index (χ0n) is 10.5. The molecule has 4 heteroatoms. The Morgan fingerprint density at radius 1 is 1.16 bits per heavy atom. The van der Waals surface area contributed by atoms with E-state index in [0.717, 1.165) is 11.3 Å². The van der Waals surface area contributed by atoms with Crippen LogP contribution in [-0.2, 0) is 4.79 Å². The van der Waals surface area contributed by atoms with Crippen molar-refractivity contribution in [1.82, 2.24) is 10.3 Å². The topological polar surface area (TPSA) is 62.2 Å². The third-order valence-electron chi connectivity index (χ3n) is 2.80. The van der Waals surface area contributed by atoms with Gasteiger partial charge >= 0.3 is 5.97 Å². The molecule has 1 heterocycles. The number of benzene rings is 1. The largest absolute Gasteiger partial charge is 0.481 e. The lowest BCUT2D eigenvalue weighted by molar-refractivity contribution is -0.136. The molecular weight excluding hydrogens is 240 g/mol. The Labute approximate surface area is 112 Å². The molecule has 1 atom stereocenters. The van der Waals surface area contributed by atoms with Gasteiger partial charge in [0.05, 0.1) is 18.2 Å². The van der Waals surface area contributed by atoms with Gasteiger partial charge in [-0.15, -0.1) is 0 Å². The average Bonchev–Trinajstić information content (AvgIpc) is 2.45. The van der Waals surface area contributed by atoms with Crippen molar-refractivity contribution in [2.24, 2.45) is 0 Å². The molecule has 0 aliphatic rings. The van der Waals surface area contributed by atoms with E-state index in [0.29, 0.717) is 6.54 Å². The molecule has 0 bridgehead atoms. The first-order valence-electron chi connectivity index (χ1n) is 6.18. The molecular formula is C15H16N2O2. The molecule has 1 unspecified atom stereocenters. The van der Waals surface area contributed by atoms with Crippen LogP contribution in [0.25, 0.3) is 0 Å². The van der Waals surface area contributed by atoms with E-state index in [1.807, 2.05) is 48.5 Å². The van der Waals surface area contributed by atoms with Gasteiger partial charge < -0.3 is 10.4 Å². The molecule has 0 amide bonds. The summed E-state index contributed by atoms with van der Waals surface area (Å²) in [4.78, 5) is 14.9. The maximum atomic E-state index is 10.6. The van der Waals surface area contributed by atoms with Crippen LogP contribution in [0.3, 0.4) is 0 Å². The first-order valence-corrected chi connectivity index (χ1v) is 6.18. The summed E-state index contributed by atoms with van der Waals surface area (Å²) in [7, 11) is 0. The quantitative estimate of drug-likeness (QED) is 0.832. The fourth-order valence-corrected chi connectivity index (χ4v) is 1.91. The van der Waals surface area contributed by atoms with Gasteiger partial charge in [0.15, 0.2) is 0 Å². The number of nitrogens with zero attached hydrogens (tertiary/aromatic N) is 1. The molecule has 98 valence electrons.